The Morgan fingerprint density at radius 2 is 1.53 bits per heavy atom. The van der Waals surface area contributed by atoms with E-state index in [9.17, 15) is 19.2 Å². The fourth-order valence-electron chi connectivity index (χ4n) is 7.02. The first kappa shape index (κ1) is 37.2. The lowest BCUT2D eigenvalue weighted by Crippen LogP contribution is -2.44. The number of aromatic nitrogens is 11. The molecule has 7 heterocycles. The van der Waals surface area contributed by atoms with E-state index >= 15 is 0 Å². The van der Waals surface area contributed by atoms with Gasteiger partial charge >= 0.3 is 11.7 Å². The minimum atomic E-state index is -0.694. The van der Waals surface area contributed by atoms with Crippen LogP contribution in [0, 0.1) is 13.8 Å². The van der Waals surface area contributed by atoms with E-state index in [1.165, 1.54) is 29.1 Å². The number of anilines is 2. The summed E-state index contributed by atoms with van der Waals surface area (Å²) in [4.78, 5) is 72.0. The molecule has 0 unspecified atom stereocenters. The van der Waals surface area contributed by atoms with Gasteiger partial charge in [-0.05, 0) is 51.1 Å². The Hall–Kier alpha value is -7.77. The van der Waals surface area contributed by atoms with Crippen LogP contribution in [-0.4, -0.2) is 72.3 Å². The fraction of sp³-hybridized carbons (Fsp3) is 0.237. The Balaban J connectivity index is 1.36. The summed E-state index contributed by atoms with van der Waals surface area (Å²) in [6.45, 7) is 8.15. The molecule has 6 aromatic heterocycles. The van der Waals surface area contributed by atoms with Crippen LogP contribution in [0.5, 0.6) is 5.75 Å². The zero-order chi connectivity index (χ0) is 40.8. The molecule has 0 saturated heterocycles. The smallest absolute Gasteiger partial charge is 0.331 e. The van der Waals surface area contributed by atoms with Crippen LogP contribution in [0.2, 0.25) is 0 Å². The highest BCUT2D eigenvalue weighted by Gasteiger charge is 2.37. The maximum atomic E-state index is 14.7. The summed E-state index contributed by atoms with van der Waals surface area (Å²) in [5, 5.41) is 15.3. The van der Waals surface area contributed by atoms with Crippen LogP contribution >= 0.6 is 0 Å². The largest absolute Gasteiger partial charge is 0.485 e. The van der Waals surface area contributed by atoms with E-state index in [1.54, 1.807) is 44.5 Å². The molecule has 8 rings (SSSR count). The van der Waals surface area contributed by atoms with Gasteiger partial charge in [-0.25, -0.2) is 15.0 Å². The third kappa shape index (κ3) is 6.44. The summed E-state index contributed by atoms with van der Waals surface area (Å²) in [6, 6.07) is 10.0. The summed E-state index contributed by atoms with van der Waals surface area (Å²) < 4.78 is 14.4. The SMILES string of the molecule is CCn1nc(C)c2c1C(=O)Nc1nc3cc(C(N)=O)cc(OCc4ccccn4)c3n1C/C=C/Cn1c(nc3cc(C(N)=O)cnc31)NC(=O)c1n(CC)nc(C)[n+]1-2. The van der Waals surface area contributed by atoms with Gasteiger partial charge in [-0.15, -0.1) is 4.68 Å². The highest BCUT2D eigenvalue weighted by molar-refractivity contribution is 6.06. The number of hydrogen-bond donors (Lipinski definition) is 4. The van der Waals surface area contributed by atoms with Gasteiger partial charge in [0.15, 0.2) is 17.0 Å². The molecule has 0 atom stereocenters. The second-order valence-corrected chi connectivity index (χ2v) is 13.3. The van der Waals surface area contributed by atoms with Crippen molar-refractivity contribution in [3.8, 4) is 11.4 Å². The van der Waals surface area contributed by atoms with E-state index in [1.807, 2.05) is 38.1 Å². The van der Waals surface area contributed by atoms with E-state index in [2.05, 4.69) is 30.7 Å². The molecule has 0 spiro atoms. The van der Waals surface area contributed by atoms with Crippen LogP contribution < -0.4 is 31.4 Å². The van der Waals surface area contributed by atoms with Gasteiger partial charge in [0.1, 0.15) is 29.9 Å². The van der Waals surface area contributed by atoms with Crippen molar-refractivity contribution in [2.45, 2.75) is 60.5 Å². The molecule has 0 aliphatic carbocycles. The standard InChI is InChI=1S/C38H37N15O5/c1-5-51-30-28(20(3)47-51)53-21(4)48-52(6-2)36(53)35(57)46-38-44-26-16-23(32(40)55)18-42-33(26)50(38)14-10-9-13-49-29-25(43-37(49)45-34(30)56)15-22(31(39)54)17-27(29)58-19-24-11-7-8-12-41-24/h7-12,15-18H,5-6,13-14,19H2,1-4H3,(H5-,39,40,43,44,45,46,54,55,56,57)/p+1/b10-9+. The van der Waals surface area contributed by atoms with E-state index in [0.29, 0.717) is 58.2 Å². The van der Waals surface area contributed by atoms with Gasteiger partial charge in [0.05, 0.1) is 22.5 Å². The number of pyridine rings is 2. The number of nitrogens with zero attached hydrogens (tertiary/aromatic N) is 11. The second kappa shape index (κ2) is 14.7. The highest BCUT2D eigenvalue weighted by Crippen LogP contribution is 2.32. The number of nitrogens with two attached hydrogens (primary N) is 2. The van der Waals surface area contributed by atoms with Gasteiger partial charge < -0.3 is 20.8 Å². The van der Waals surface area contributed by atoms with Crippen molar-refractivity contribution < 1.29 is 28.5 Å². The number of imidazole rings is 2. The molecule has 7 aromatic rings. The Morgan fingerprint density at radius 3 is 2.24 bits per heavy atom. The third-order valence-corrected chi connectivity index (χ3v) is 9.64. The van der Waals surface area contributed by atoms with Gasteiger partial charge in [0, 0.05) is 49.6 Å². The fourth-order valence-corrected chi connectivity index (χ4v) is 7.02. The van der Waals surface area contributed by atoms with Crippen LogP contribution in [0.1, 0.15) is 72.9 Å². The Labute approximate surface area is 329 Å². The molecule has 20 heteroatoms. The molecule has 6 N–H and O–H groups in total. The van der Waals surface area contributed by atoms with Crippen LogP contribution in [0.4, 0.5) is 11.9 Å². The van der Waals surface area contributed by atoms with Crippen molar-refractivity contribution in [3.63, 3.8) is 0 Å². The van der Waals surface area contributed by atoms with E-state index in [0.717, 1.165) is 0 Å². The number of carbonyl (C=O) groups excluding carboxylic acids is 4. The van der Waals surface area contributed by atoms with Crippen LogP contribution in [-0.2, 0) is 32.8 Å². The number of benzene rings is 1. The first-order valence-electron chi connectivity index (χ1n) is 18.3. The van der Waals surface area contributed by atoms with Gasteiger partial charge in [-0.2, -0.15) is 9.67 Å². The first-order valence-corrected chi connectivity index (χ1v) is 18.3. The predicted molar refractivity (Wildman–Crippen MR) is 208 cm³/mol. The highest BCUT2D eigenvalue weighted by atomic mass is 16.5. The van der Waals surface area contributed by atoms with Crippen molar-refractivity contribution >= 4 is 57.7 Å². The van der Waals surface area contributed by atoms with E-state index in [4.69, 9.17) is 26.3 Å². The number of amides is 4. The Bertz CT molecular complexity index is 2850. The topological polar surface area (TPSA) is 255 Å². The number of allylic oxidation sites excluding steroid dienone is 2. The number of rotatable bonds is 7. The molecule has 0 fully saturated rings. The number of hydrogen-bond acceptors (Lipinski definition) is 11. The lowest BCUT2D eigenvalue weighted by atomic mass is 10.1. The second-order valence-electron chi connectivity index (χ2n) is 13.3. The first-order chi connectivity index (χ1) is 28.0. The van der Waals surface area contributed by atoms with Crippen molar-refractivity contribution in [1.82, 2.24) is 48.6 Å². The summed E-state index contributed by atoms with van der Waals surface area (Å²) in [5.41, 5.74) is 14.7. The lowest BCUT2D eigenvalue weighted by Gasteiger charge is -2.14. The molecule has 4 amide bonds. The zero-order valence-electron chi connectivity index (χ0n) is 31.9. The minimum absolute atomic E-state index is 0.0657. The lowest BCUT2D eigenvalue weighted by molar-refractivity contribution is -0.606. The van der Waals surface area contributed by atoms with Crippen LogP contribution in [0.25, 0.3) is 27.9 Å². The summed E-state index contributed by atoms with van der Waals surface area (Å²) >= 11 is 0. The molecule has 0 radical (unpaired) electrons. The number of fused-ring (bicyclic) bond motifs is 9. The van der Waals surface area contributed by atoms with Crippen LogP contribution in [0.3, 0.4) is 0 Å². The molecule has 0 saturated carbocycles. The zero-order valence-corrected chi connectivity index (χ0v) is 31.9. The molecule has 294 valence electrons. The molecule has 1 aromatic carbocycles. The summed E-state index contributed by atoms with van der Waals surface area (Å²) in [6.07, 6.45) is 6.65. The summed E-state index contributed by atoms with van der Waals surface area (Å²) in [5.74, 6) is -1.47. The molecule has 1 aliphatic rings. The van der Waals surface area contributed by atoms with Gasteiger partial charge in [0.25, 0.3) is 11.7 Å². The number of primary amides is 2. The molecular weight excluding hydrogens is 747 g/mol. The quantitative estimate of drug-likeness (QED) is 0.135. The minimum Gasteiger partial charge on any atom is -0.485 e. The van der Waals surface area contributed by atoms with Gasteiger partial charge in [-0.1, -0.05) is 18.2 Å². The number of nitrogens with one attached hydrogen (secondary N) is 2. The van der Waals surface area contributed by atoms with Crippen molar-refractivity contribution in [1.29, 1.82) is 0 Å². The number of aryl methyl sites for hydroxylation is 4. The third-order valence-electron chi connectivity index (χ3n) is 9.64. The number of carbonyl (C=O) groups is 4. The monoisotopic (exact) mass is 784 g/mol. The van der Waals surface area contributed by atoms with Crippen molar-refractivity contribution in [2.75, 3.05) is 10.6 Å². The van der Waals surface area contributed by atoms with Gasteiger partial charge in [-0.3, -0.25) is 44.0 Å². The van der Waals surface area contributed by atoms with Crippen molar-refractivity contribution in [2.24, 2.45) is 11.5 Å². The van der Waals surface area contributed by atoms with E-state index < -0.39 is 23.6 Å². The Kier molecular flexibility index (Phi) is 9.43. The maximum Gasteiger partial charge on any atom is 0.331 e. The molecule has 58 heavy (non-hydrogen) atoms. The van der Waals surface area contributed by atoms with E-state index in [-0.39, 0.29) is 60.0 Å². The summed E-state index contributed by atoms with van der Waals surface area (Å²) in [7, 11) is 0. The molecular formula is C38H38N15O5+. The maximum absolute atomic E-state index is 14.7. The molecule has 1 aliphatic heterocycles. The van der Waals surface area contributed by atoms with Crippen molar-refractivity contribution in [3.05, 3.63) is 101 Å². The number of ether oxygens (including phenoxy) is 1. The average molecular weight is 785 g/mol. The Morgan fingerprint density at radius 1 is 0.845 bits per heavy atom. The normalized spacial score (nSPS) is 13.7. The van der Waals surface area contributed by atoms with Gasteiger partial charge in [0.2, 0.25) is 23.7 Å². The average Bonchev–Trinajstić information content (AvgIpc) is 3.94. The molecule has 20 nitrogen and oxygen atoms in total. The van der Waals surface area contributed by atoms with Crippen LogP contribution in [0.15, 0.2) is 60.9 Å². The predicted octanol–water partition coefficient (Wildman–Crippen LogP) is 2.35. The molecule has 0 bridgehead atoms.